The van der Waals surface area contributed by atoms with E-state index in [4.69, 9.17) is 14.2 Å². The van der Waals surface area contributed by atoms with Crippen molar-refractivity contribution in [3.8, 4) is 0 Å². The molecule has 400 valence electrons. The molecule has 0 aromatic rings. The lowest BCUT2D eigenvalue weighted by atomic mass is 10.0. The van der Waals surface area contributed by atoms with Gasteiger partial charge >= 0.3 is 17.9 Å². The quantitative estimate of drug-likeness (QED) is 0.0262. The summed E-state index contributed by atoms with van der Waals surface area (Å²) in [6.07, 6.45) is 67.7. The maximum absolute atomic E-state index is 12.8. The van der Waals surface area contributed by atoms with E-state index in [-0.39, 0.29) is 31.1 Å². The molecule has 1 unspecified atom stereocenters. The molecule has 0 N–H and O–H groups in total. The first-order chi connectivity index (χ1) is 33.5. The van der Waals surface area contributed by atoms with Gasteiger partial charge in [-0.05, 0) is 51.4 Å². The van der Waals surface area contributed by atoms with Crippen molar-refractivity contribution in [3.63, 3.8) is 0 Å². The number of carbonyl (C=O) groups is 3. The van der Waals surface area contributed by atoms with Gasteiger partial charge in [0.15, 0.2) is 6.10 Å². The van der Waals surface area contributed by atoms with Gasteiger partial charge in [0.05, 0.1) is 0 Å². The Bertz CT molecular complexity index is 1100. The Morgan fingerprint density at radius 2 is 0.529 bits per heavy atom. The van der Waals surface area contributed by atoms with Crippen molar-refractivity contribution in [1.29, 1.82) is 0 Å². The number of rotatable bonds is 56. The number of hydrogen-bond acceptors (Lipinski definition) is 6. The Hall–Kier alpha value is -2.11. The normalized spacial score (nSPS) is 12.1. The average Bonchev–Trinajstić information content (AvgIpc) is 3.34. The molecule has 68 heavy (non-hydrogen) atoms. The van der Waals surface area contributed by atoms with Crippen LogP contribution in [0.15, 0.2) is 24.3 Å². The fourth-order valence-corrected chi connectivity index (χ4v) is 9.12. The average molecular weight is 958 g/mol. The molecule has 0 aliphatic carbocycles. The van der Waals surface area contributed by atoms with E-state index in [1.54, 1.807) is 0 Å². The van der Waals surface area contributed by atoms with Gasteiger partial charge in [-0.2, -0.15) is 0 Å². The zero-order valence-corrected chi connectivity index (χ0v) is 45.9. The Morgan fingerprint density at radius 3 is 0.838 bits per heavy atom. The van der Waals surface area contributed by atoms with Crippen LogP contribution in [0, 0.1) is 0 Å². The molecule has 0 spiro atoms. The van der Waals surface area contributed by atoms with Crippen LogP contribution in [-0.2, 0) is 28.6 Å². The Balaban J connectivity index is 4.15. The summed E-state index contributed by atoms with van der Waals surface area (Å²) < 4.78 is 16.8. The van der Waals surface area contributed by atoms with Crippen molar-refractivity contribution in [2.75, 3.05) is 13.2 Å². The molecule has 0 radical (unpaired) electrons. The van der Waals surface area contributed by atoms with Crippen LogP contribution in [0.3, 0.4) is 0 Å². The minimum Gasteiger partial charge on any atom is -0.462 e. The molecule has 0 heterocycles. The SMILES string of the molecule is CCCCC/C=C\C/C=C\CCCCCCCCCCCC(=O)OC(COC(=O)CCCCCCCCCC)COC(=O)CCCCCCCCCCCCCCCCCCCCCCCCC. The first-order valence-corrected chi connectivity index (χ1v) is 30.3. The van der Waals surface area contributed by atoms with Crippen LogP contribution in [0.2, 0.25) is 0 Å². The van der Waals surface area contributed by atoms with Crippen LogP contribution in [0.4, 0.5) is 0 Å². The van der Waals surface area contributed by atoms with Gasteiger partial charge in [0.25, 0.3) is 0 Å². The number of carbonyl (C=O) groups excluding carboxylic acids is 3. The lowest BCUT2D eigenvalue weighted by Crippen LogP contribution is -2.30. The molecule has 0 bridgehead atoms. The second-order valence-corrected chi connectivity index (χ2v) is 20.6. The van der Waals surface area contributed by atoms with Gasteiger partial charge in [-0.25, -0.2) is 0 Å². The van der Waals surface area contributed by atoms with Crippen LogP contribution >= 0.6 is 0 Å². The summed E-state index contributed by atoms with van der Waals surface area (Å²) >= 11 is 0. The molecule has 1 atom stereocenters. The fraction of sp³-hybridized carbons (Fsp3) is 0.887. The van der Waals surface area contributed by atoms with Gasteiger partial charge < -0.3 is 14.2 Å². The van der Waals surface area contributed by atoms with Crippen molar-refractivity contribution in [1.82, 2.24) is 0 Å². The number of esters is 3. The van der Waals surface area contributed by atoms with E-state index in [9.17, 15) is 14.4 Å². The number of allylic oxidation sites excluding steroid dienone is 4. The largest absolute Gasteiger partial charge is 0.462 e. The smallest absolute Gasteiger partial charge is 0.306 e. The summed E-state index contributed by atoms with van der Waals surface area (Å²) in [5.41, 5.74) is 0. The third-order valence-electron chi connectivity index (χ3n) is 13.7. The maximum Gasteiger partial charge on any atom is 0.306 e. The molecule has 6 nitrogen and oxygen atoms in total. The third kappa shape index (κ3) is 54.8. The Morgan fingerprint density at radius 1 is 0.294 bits per heavy atom. The highest BCUT2D eigenvalue weighted by atomic mass is 16.6. The van der Waals surface area contributed by atoms with Crippen molar-refractivity contribution in [3.05, 3.63) is 24.3 Å². The molecule has 0 fully saturated rings. The summed E-state index contributed by atoms with van der Waals surface area (Å²) in [4.78, 5) is 38.0. The first kappa shape index (κ1) is 65.9. The standard InChI is InChI=1S/C62H116O6/c1-4-7-10-13-16-19-21-23-25-27-29-30-31-32-34-35-37-39-41-43-46-49-52-55-61(64)67-58-59(57-66-60(63)54-51-48-45-18-15-12-9-6-3)68-62(65)56-53-50-47-44-42-40-38-36-33-28-26-24-22-20-17-14-11-8-5-2/h17,20,24,26,59H,4-16,18-19,21-23,25,27-58H2,1-3H3/b20-17-,26-24-. The van der Waals surface area contributed by atoms with Crippen molar-refractivity contribution in [2.45, 2.75) is 341 Å². The lowest BCUT2D eigenvalue weighted by Gasteiger charge is -2.18. The Kier molecular flexibility index (Phi) is 55.7. The number of hydrogen-bond donors (Lipinski definition) is 0. The summed E-state index contributed by atoms with van der Waals surface area (Å²) in [5.74, 6) is -0.855. The van der Waals surface area contributed by atoms with Crippen LogP contribution in [0.25, 0.3) is 0 Å². The zero-order valence-electron chi connectivity index (χ0n) is 45.9. The van der Waals surface area contributed by atoms with Crippen LogP contribution in [-0.4, -0.2) is 37.2 Å². The first-order valence-electron chi connectivity index (χ1n) is 30.3. The topological polar surface area (TPSA) is 78.9 Å². The van der Waals surface area contributed by atoms with E-state index in [0.29, 0.717) is 19.3 Å². The zero-order chi connectivity index (χ0) is 49.3. The van der Waals surface area contributed by atoms with Gasteiger partial charge in [-0.15, -0.1) is 0 Å². The van der Waals surface area contributed by atoms with Gasteiger partial charge in [-0.3, -0.25) is 14.4 Å². The van der Waals surface area contributed by atoms with Gasteiger partial charge in [0.1, 0.15) is 13.2 Å². The predicted molar refractivity (Wildman–Crippen MR) is 293 cm³/mol. The van der Waals surface area contributed by atoms with E-state index >= 15 is 0 Å². The van der Waals surface area contributed by atoms with Crippen molar-refractivity contribution >= 4 is 17.9 Å². The lowest BCUT2D eigenvalue weighted by molar-refractivity contribution is -0.167. The highest BCUT2D eigenvalue weighted by molar-refractivity contribution is 5.71. The molecule has 0 aliphatic rings. The number of ether oxygens (including phenoxy) is 3. The maximum atomic E-state index is 12.8. The minimum absolute atomic E-state index is 0.0677. The summed E-state index contributed by atoms with van der Waals surface area (Å²) in [7, 11) is 0. The summed E-state index contributed by atoms with van der Waals surface area (Å²) in [6.45, 7) is 6.64. The number of unbranched alkanes of at least 4 members (excludes halogenated alkanes) is 41. The van der Waals surface area contributed by atoms with Crippen molar-refractivity contribution < 1.29 is 28.6 Å². The highest BCUT2D eigenvalue weighted by Gasteiger charge is 2.19. The van der Waals surface area contributed by atoms with E-state index in [1.807, 2.05) is 0 Å². The summed E-state index contributed by atoms with van der Waals surface area (Å²) in [6, 6.07) is 0. The molecule has 0 aromatic carbocycles. The second-order valence-electron chi connectivity index (χ2n) is 20.6. The molecule has 0 rings (SSSR count). The van der Waals surface area contributed by atoms with Crippen LogP contribution < -0.4 is 0 Å². The Labute approximate surface area is 423 Å². The molecular formula is C62H116O6. The molecule has 6 heteroatoms. The molecule has 0 aliphatic heterocycles. The molecule has 0 saturated carbocycles. The molecule has 0 aromatic heterocycles. The van der Waals surface area contributed by atoms with E-state index in [1.165, 1.54) is 231 Å². The van der Waals surface area contributed by atoms with Crippen molar-refractivity contribution in [2.24, 2.45) is 0 Å². The molecule has 0 saturated heterocycles. The van der Waals surface area contributed by atoms with Crippen LogP contribution in [0.1, 0.15) is 335 Å². The molecule has 0 amide bonds. The van der Waals surface area contributed by atoms with E-state index in [0.717, 1.165) is 64.2 Å². The van der Waals surface area contributed by atoms with Gasteiger partial charge in [0, 0.05) is 19.3 Å². The monoisotopic (exact) mass is 957 g/mol. The second kappa shape index (κ2) is 57.5. The van der Waals surface area contributed by atoms with Gasteiger partial charge in [0.2, 0.25) is 0 Å². The van der Waals surface area contributed by atoms with Crippen LogP contribution in [0.5, 0.6) is 0 Å². The van der Waals surface area contributed by atoms with E-state index in [2.05, 4.69) is 45.1 Å². The fourth-order valence-electron chi connectivity index (χ4n) is 9.12. The third-order valence-corrected chi connectivity index (χ3v) is 13.7. The van der Waals surface area contributed by atoms with E-state index < -0.39 is 6.10 Å². The van der Waals surface area contributed by atoms with Gasteiger partial charge in [-0.1, -0.05) is 289 Å². The molecular weight excluding hydrogens is 841 g/mol. The highest BCUT2D eigenvalue weighted by Crippen LogP contribution is 2.17. The predicted octanol–water partition coefficient (Wildman–Crippen LogP) is 20.3. The summed E-state index contributed by atoms with van der Waals surface area (Å²) in [5, 5.41) is 0. The minimum atomic E-state index is -0.768.